The molecule has 5 heteroatoms. The Kier molecular flexibility index (Phi) is 5.85. The Morgan fingerprint density at radius 2 is 2.10 bits per heavy atom. The quantitative estimate of drug-likeness (QED) is 0.871. The molecule has 21 heavy (non-hydrogen) atoms. The second-order valence-corrected chi connectivity index (χ2v) is 6.32. The molecule has 0 atom stereocenters. The van der Waals surface area contributed by atoms with Gasteiger partial charge in [0.1, 0.15) is 5.82 Å². The molecule has 2 rings (SSSR count). The van der Waals surface area contributed by atoms with Gasteiger partial charge in [0.2, 0.25) is 0 Å². The van der Waals surface area contributed by atoms with Crippen LogP contribution in [0.4, 0.5) is 5.82 Å². The van der Waals surface area contributed by atoms with Crippen molar-refractivity contribution in [2.45, 2.75) is 39.5 Å². The van der Waals surface area contributed by atoms with Crippen LogP contribution in [0.3, 0.4) is 0 Å². The van der Waals surface area contributed by atoms with Crippen molar-refractivity contribution in [2.24, 2.45) is 11.8 Å². The van der Waals surface area contributed by atoms with Gasteiger partial charge in [-0.25, -0.2) is 4.98 Å². The first-order chi connectivity index (χ1) is 10.1. The van der Waals surface area contributed by atoms with Crippen molar-refractivity contribution >= 4 is 23.3 Å². The Balaban J connectivity index is 1.92. The van der Waals surface area contributed by atoms with Crippen LogP contribution in [0, 0.1) is 11.8 Å². The number of aromatic nitrogens is 1. The van der Waals surface area contributed by atoms with Gasteiger partial charge in [-0.15, -0.1) is 0 Å². The normalized spacial score (nSPS) is 21.9. The zero-order valence-electron chi connectivity index (χ0n) is 12.8. The SMILES string of the molecule is CCNc1cc(C(=O)NCC2CCC(C)CC2)c(Cl)cn1. The van der Waals surface area contributed by atoms with E-state index in [-0.39, 0.29) is 5.91 Å². The number of halogens is 1. The molecule has 1 aromatic heterocycles. The summed E-state index contributed by atoms with van der Waals surface area (Å²) in [4.78, 5) is 16.4. The van der Waals surface area contributed by atoms with Crippen LogP contribution < -0.4 is 10.6 Å². The van der Waals surface area contributed by atoms with Crippen molar-refractivity contribution in [2.75, 3.05) is 18.4 Å². The molecule has 1 fully saturated rings. The molecule has 0 saturated heterocycles. The first kappa shape index (κ1) is 16.1. The number of carbonyl (C=O) groups is 1. The summed E-state index contributed by atoms with van der Waals surface area (Å²) in [5, 5.41) is 6.50. The van der Waals surface area contributed by atoms with Crippen molar-refractivity contribution < 1.29 is 4.79 Å². The van der Waals surface area contributed by atoms with Crippen LogP contribution in [0.2, 0.25) is 5.02 Å². The smallest absolute Gasteiger partial charge is 0.252 e. The van der Waals surface area contributed by atoms with Gasteiger partial charge in [0, 0.05) is 19.3 Å². The lowest BCUT2D eigenvalue weighted by atomic mass is 9.83. The highest BCUT2D eigenvalue weighted by molar-refractivity contribution is 6.33. The minimum Gasteiger partial charge on any atom is -0.370 e. The van der Waals surface area contributed by atoms with Gasteiger partial charge in [-0.2, -0.15) is 0 Å². The molecule has 0 aromatic carbocycles. The lowest BCUT2D eigenvalue weighted by Crippen LogP contribution is -2.31. The summed E-state index contributed by atoms with van der Waals surface area (Å²) in [5.41, 5.74) is 0.492. The molecule has 2 N–H and O–H groups in total. The van der Waals surface area contributed by atoms with E-state index < -0.39 is 0 Å². The number of anilines is 1. The molecule has 0 bridgehead atoms. The third-order valence-electron chi connectivity index (χ3n) is 4.14. The Bertz CT molecular complexity index is 484. The van der Waals surface area contributed by atoms with E-state index in [0.29, 0.717) is 22.3 Å². The highest BCUT2D eigenvalue weighted by Crippen LogP contribution is 2.27. The van der Waals surface area contributed by atoms with E-state index in [1.54, 1.807) is 6.07 Å². The fourth-order valence-electron chi connectivity index (χ4n) is 2.76. The van der Waals surface area contributed by atoms with Crippen LogP contribution in [0.25, 0.3) is 0 Å². The fourth-order valence-corrected chi connectivity index (χ4v) is 2.95. The lowest BCUT2D eigenvalue weighted by Gasteiger charge is -2.26. The van der Waals surface area contributed by atoms with E-state index in [2.05, 4.69) is 22.5 Å². The summed E-state index contributed by atoms with van der Waals surface area (Å²) in [6, 6.07) is 1.71. The Morgan fingerprint density at radius 1 is 1.38 bits per heavy atom. The highest BCUT2D eigenvalue weighted by Gasteiger charge is 2.19. The maximum absolute atomic E-state index is 12.3. The Morgan fingerprint density at radius 3 is 2.76 bits per heavy atom. The highest BCUT2D eigenvalue weighted by atomic mass is 35.5. The number of carbonyl (C=O) groups excluding carboxylic acids is 1. The van der Waals surface area contributed by atoms with E-state index in [4.69, 9.17) is 11.6 Å². The molecule has 4 nitrogen and oxygen atoms in total. The minimum absolute atomic E-state index is 0.111. The van der Waals surface area contributed by atoms with Crippen molar-refractivity contribution in [1.29, 1.82) is 0 Å². The second kappa shape index (κ2) is 7.64. The van der Waals surface area contributed by atoms with Crippen LogP contribution in [-0.4, -0.2) is 24.0 Å². The molecule has 1 aliphatic carbocycles. The monoisotopic (exact) mass is 309 g/mol. The number of rotatable bonds is 5. The number of nitrogens with zero attached hydrogens (tertiary/aromatic N) is 1. The first-order valence-corrected chi connectivity index (χ1v) is 8.15. The van der Waals surface area contributed by atoms with Crippen molar-refractivity contribution in [3.05, 3.63) is 22.8 Å². The molecule has 116 valence electrons. The van der Waals surface area contributed by atoms with E-state index >= 15 is 0 Å². The van der Waals surface area contributed by atoms with Crippen molar-refractivity contribution in [3.63, 3.8) is 0 Å². The number of nitrogens with one attached hydrogen (secondary N) is 2. The predicted octanol–water partition coefficient (Wildman–Crippen LogP) is 3.72. The molecule has 1 aromatic rings. The molecule has 0 aliphatic heterocycles. The maximum atomic E-state index is 12.3. The molecule has 1 aliphatic rings. The van der Waals surface area contributed by atoms with Gasteiger partial charge in [-0.1, -0.05) is 31.4 Å². The molecule has 1 heterocycles. The second-order valence-electron chi connectivity index (χ2n) is 5.92. The van der Waals surface area contributed by atoms with Gasteiger partial charge >= 0.3 is 0 Å². The Labute approximate surface area is 131 Å². The molecule has 1 saturated carbocycles. The predicted molar refractivity (Wildman–Crippen MR) is 86.9 cm³/mol. The zero-order chi connectivity index (χ0) is 15.2. The Hall–Kier alpha value is -1.29. The van der Waals surface area contributed by atoms with Crippen LogP contribution in [0.1, 0.15) is 49.9 Å². The third-order valence-corrected chi connectivity index (χ3v) is 4.45. The van der Waals surface area contributed by atoms with Gasteiger partial charge in [0.05, 0.1) is 10.6 Å². The van der Waals surface area contributed by atoms with E-state index in [1.165, 1.54) is 31.9 Å². The summed E-state index contributed by atoms with van der Waals surface area (Å²) in [5.74, 6) is 1.99. The fraction of sp³-hybridized carbons (Fsp3) is 0.625. The van der Waals surface area contributed by atoms with Crippen LogP contribution in [-0.2, 0) is 0 Å². The minimum atomic E-state index is -0.111. The van der Waals surface area contributed by atoms with Gasteiger partial charge in [-0.3, -0.25) is 4.79 Å². The van der Waals surface area contributed by atoms with Gasteiger partial charge in [-0.05, 0) is 37.7 Å². The van der Waals surface area contributed by atoms with Crippen LogP contribution in [0.5, 0.6) is 0 Å². The van der Waals surface area contributed by atoms with E-state index in [1.807, 2.05) is 6.92 Å². The first-order valence-electron chi connectivity index (χ1n) is 7.77. The average Bonchev–Trinajstić information content (AvgIpc) is 2.48. The molecular weight excluding hydrogens is 286 g/mol. The topological polar surface area (TPSA) is 54.0 Å². The summed E-state index contributed by atoms with van der Waals surface area (Å²) < 4.78 is 0. The standard InChI is InChI=1S/C16H24ClN3O/c1-3-18-15-8-13(14(17)10-19-15)16(21)20-9-12-6-4-11(2)5-7-12/h8,10-12H,3-7,9H2,1-2H3,(H,18,19)(H,20,21). The van der Waals surface area contributed by atoms with Crippen molar-refractivity contribution in [1.82, 2.24) is 10.3 Å². The van der Waals surface area contributed by atoms with E-state index in [0.717, 1.165) is 19.0 Å². The number of amides is 1. The zero-order valence-corrected chi connectivity index (χ0v) is 13.5. The number of pyridine rings is 1. The molecule has 0 unspecified atom stereocenters. The number of hydrogen-bond acceptors (Lipinski definition) is 3. The lowest BCUT2D eigenvalue weighted by molar-refractivity contribution is 0.0942. The van der Waals surface area contributed by atoms with E-state index in [9.17, 15) is 4.79 Å². The molecule has 1 amide bonds. The third kappa shape index (κ3) is 4.60. The number of hydrogen-bond donors (Lipinski definition) is 2. The molecule has 0 spiro atoms. The summed E-state index contributed by atoms with van der Waals surface area (Å²) >= 11 is 6.08. The summed E-state index contributed by atoms with van der Waals surface area (Å²) in [6.45, 7) is 5.78. The average molecular weight is 310 g/mol. The van der Waals surface area contributed by atoms with Gasteiger partial charge in [0.25, 0.3) is 5.91 Å². The summed E-state index contributed by atoms with van der Waals surface area (Å²) in [6.07, 6.45) is 6.46. The largest absolute Gasteiger partial charge is 0.370 e. The maximum Gasteiger partial charge on any atom is 0.252 e. The van der Waals surface area contributed by atoms with Crippen LogP contribution in [0.15, 0.2) is 12.3 Å². The van der Waals surface area contributed by atoms with Gasteiger partial charge in [0.15, 0.2) is 0 Å². The molecular formula is C16H24ClN3O. The van der Waals surface area contributed by atoms with Crippen molar-refractivity contribution in [3.8, 4) is 0 Å². The molecule has 0 radical (unpaired) electrons. The van der Waals surface area contributed by atoms with Gasteiger partial charge < -0.3 is 10.6 Å². The summed E-state index contributed by atoms with van der Waals surface area (Å²) in [7, 11) is 0. The van der Waals surface area contributed by atoms with Crippen LogP contribution >= 0.6 is 11.6 Å².